The maximum Gasteiger partial charge on any atom is 0.338 e. The van der Waals surface area contributed by atoms with E-state index in [2.05, 4.69) is 11.0 Å². The van der Waals surface area contributed by atoms with Gasteiger partial charge in [-0.2, -0.15) is 0 Å². The molecular weight excluding hydrogens is 406 g/mol. The first-order valence-electron chi connectivity index (χ1n) is 10.9. The molecule has 0 radical (unpaired) electrons. The number of nitrogens with one attached hydrogen (secondary N) is 2. The summed E-state index contributed by atoms with van der Waals surface area (Å²) in [7, 11) is 0. The molecule has 174 valence electrons. The predicted molar refractivity (Wildman–Crippen MR) is 113 cm³/mol. The summed E-state index contributed by atoms with van der Waals surface area (Å²) in [6, 6.07) is 8.88. The molecule has 0 amide bonds. The van der Waals surface area contributed by atoms with Crippen molar-refractivity contribution < 1.29 is 35.0 Å². The maximum absolute atomic E-state index is 11.9. The SMILES string of the molecule is [2H]C[C@@H](CO)OCCOCCOCCOCC1=CN(CCOC(=O)c2ccccc2)NN1. The van der Waals surface area contributed by atoms with E-state index in [-0.39, 0.29) is 26.1 Å². The Kier molecular flexibility index (Phi) is 11.8. The number of esters is 1. The van der Waals surface area contributed by atoms with E-state index in [1.165, 1.54) is 0 Å². The molecule has 31 heavy (non-hydrogen) atoms. The maximum atomic E-state index is 11.9. The summed E-state index contributed by atoms with van der Waals surface area (Å²) in [5.41, 5.74) is 7.34. The Balaban J connectivity index is 1.41. The summed E-state index contributed by atoms with van der Waals surface area (Å²) < 4.78 is 34.0. The van der Waals surface area contributed by atoms with Crippen LogP contribution in [0.25, 0.3) is 0 Å². The molecule has 1 heterocycles. The van der Waals surface area contributed by atoms with E-state index in [0.717, 1.165) is 5.70 Å². The lowest BCUT2D eigenvalue weighted by molar-refractivity contribution is -0.0260. The van der Waals surface area contributed by atoms with E-state index in [1.807, 2.05) is 12.3 Å². The van der Waals surface area contributed by atoms with Gasteiger partial charge in [0.2, 0.25) is 0 Å². The molecule has 1 atom stereocenters. The van der Waals surface area contributed by atoms with E-state index in [0.29, 0.717) is 58.4 Å². The van der Waals surface area contributed by atoms with Gasteiger partial charge < -0.3 is 34.2 Å². The third-order valence-corrected chi connectivity index (χ3v) is 4.03. The molecule has 3 N–H and O–H groups in total. The highest BCUT2D eigenvalue weighted by molar-refractivity contribution is 5.89. The number of ether oxygens (including phenoxy) is 5. The lowest BCUT2D eigenvalue weighted by Gasteiger charge is -2.14. The van der Waals surface area contributed by atoms with Gasteiger partial charge in [-0.05, 0) is 19.0 Å². The van der Waals surface area contributed by atoms with Crippen LogP contribution in [0.5, 0.6) is 0 Å². The van der Waals surface area contributed by atoms with Gasteiger partial charge in [-0.15, -0.1) is 5.53 Å². The van der Waals surface area contributed by atoms with E-state index >= 15 is 0 Å². The predicted octanol–water partition coefficient (Wildman–Crippen LogP) is 0.457. The average Bonchev–Trinajstić information content (AvgIpc) is 3.28. The van der Waals surface area contributed by atoms with E-state index in [4.69, 9.17) is 30.2 Å². The number of carbonyl (C=O) groups is 1. The van der Waals surface area contributed by atoms with Crippen molar-refractivity contribution in [2.75, 3.05) is 66.0 Å². The van der Waals surface area contributed by atoms with Crippen molar-refractivity contribution >= 4 is 5.97 Å². The second kappa shape index (κ2) is 15.6. The van der Waals surface area contributed by atoms with Crippen LogP contribution in [0, 0.1) is 0 Å². The van der Waals surface area contributed by atoms with E-state index in [1.54, 1.807) is 29.3 Å². The molecule has 0 aliphatic carbocycles. The van der Waals surface area contributed by atoms with Crippen molar-refractivity contribution in [3.63, 3.8) is 0 Å². The number of hydrogen-bond donors (Lipinski definition) is 3. The van der Waals surface area contributed by atoms with Crippen molar-refractivity contribution in [2.24, 2.45) is 0 Å². The molecular formula is C21H33N3O7. The van der Waals surface area contributed by atoms with Gasteiger partial charge in [0, 0.05) is 7.57 Å². The first-order valence-corrected chi connectivity index (χ1v) is 10.2. The monoisotopic (exact) mass is 440 g/mol. The number of carbonyl (C=O) groups excluding carboxylic acids is 1. The Hall–Kier alpha value is -2.21. The zero-order chi connectivity index (χ0) is 22.9. The number of nitrogens with zero attached hydrogens (tertiary/aromatic N) is 1. The van der Waals surface area contributed by atoms with Gasteiger partial charge in [-0.25, -0.2) is 4.79 Å². The fourth-order valence-electron chi connectivity index (χ4n) is 2.43. The zero-order valence-electron chi connectivity index (χ0n) is 18.7. The first kappa shape index (κ1) is 23.5. The van der Waals surface area contributed by atoms with Crippen LogP contribution in [0.2, 0.25) is 0 Å². The minimum Gasteiger partial charge on any atom is -0.460 e. The summed E-state index contributed by atoms with van der Waals surface area (Å²) >= 11 is 0. The Morgan fingerprint density at radius 3 is 2.48 bits per heavy atom. The molecule has 0 saturated carbocycles. The van der Waals surface area contributed by atoms with Crippen molar-refractivity contribution in [2.45, 2.75) is 13.0 Å². The molecule has 1 aromatic carbocycles. The minimum atomic E-state index is -0.448. The molecule has 1 aliphatic heterocycles. The molecule has 10 heteroatoms. The highest BCUT2D eigenvalue weighted by Gasteiger charge is 2.12. The Morgan fingerprint density at radius 1 is 1.06 bits per heavy atom. The topological polar surface area (TPSA) is 111 Å². The molecule has 1 aromatic rings. The molecule has 0 unspecified atom stereocenters. The molecule has 0 saturated heterocycles. The van der Waals surface area contributed by atoms with Crippen LogP contribution < -0.4 is 11.0 Å². The van der Waals surface area contributed by atoms with Gasteiger partial charge >= 0.3 is 5.97 Å². The van der Waals surface area contributed by atoms with Gasteiger partial charge in [0.1, 0.15) is 6.61 Å². The van der Waals surface area contributed by atoms with Crippen LogP contribution in [-0.2, 0) is 23.7 Å². The second-order valence-corrected chi connectivity index (χ2v) is 6.54. The van der Waals surface area contributed by atoms with Crippen LogP contribution in [-0.4, -0.2) is 88.2 Å². The zero-order valence-corrected chi connectivity index (χ0v) is 17.7. The fraction of sp³-hybridized carbons (Fsp3) is 0.571. The summed E-state index contributed by atoms with van der Waals surface area (Å²) in [6.07, 6.45) is 1.41. The van der Waals surface area contributed by atoms with Crippen molar-refractivity contribution in [1.82, 2.24) is 16.0 Å². The number of hydrazine groups is 2. The standard InChI is InChI=1S/C21H33N3O7/c1-18(16-25)30-14-13-28-10-9-27-11-12-29-17-20-15-24(23-22-20)7-8-31-21(26)19-5-3-2-4-6-19/h2-6,15,18,22-23,25H,7-14,16-17H2,1H3/t18-/m0/s1/i1D. The van der Waals surface area contributed by atoms with Crippen LogP contribution >= 0.6 is 0 Å². The second-order valence-electron chi connectivity index (χ2n) is 6.54. The number of hydrogen-bond acceptors (Lipinski definition) is 10. The lowest BCUT2D eigenvalue weighted by Crippen LogP contribution is -2.38. The third-order valence-electron chi connectivity index (χ3n) is 4.03. The molecule has 10 nitrogen and oxygen atoms in total. The molecule has 0 fully saturated rings. The normalized spacial score (nSPS) is 14.7. The minimum absolute atomic E-state index is 0.0321. The van der Waals surface area contributed by atoms with Gasteiger partial charge in [-0.3, -0.25) is 5.01 Å². The quantitative estimate of drug-likeness (QED) is 0.233. The first-order chi connectivity index (χ1) is 15.7. The average molecular weight is 441 g/mol. The van der Waals surface area contributed by atoms with Crippen LogP contribution in [0.1, 0.15) is 18.6 Å². The van der Waals surface area contributed by atoms with Crippen molar-refractivity contribution in [3.05, 3.63) is 47.8 Å². The van der Waals surface area contributed by atoms with Gasteiger partial charge in [-0.1, -0.05) is 18.2 Å². The summed E-state index contributed by atoms with van der Waals surface area (Å²) in [5, 5.41) is 10.7. The van der Waals surface area contributed by atoms with Crippen LogP contribution in [0.3, 0.4) is 0 Å². The molecule has 0 bridgehead atoms. The van der Waals surface area contributed by atoms with Crippen molar-refractivity contribution in [1.29, 1.82) is 0 Å². The Morgan fingerprint density at radius 2 is 1.77 bits per heavy atom. The van der Waals surface area contributed by atoms with Gasteiger partial charge in [0.15, 0.2) is 0 Å². The van der Waals surface area contributed by atoms with Crippen LogP contribution in [0.4, 0.5) is 0 Å². The summed E-state index contributed by atoms with van der Waals surface area (Å²) in [6.45, 7) is 3.53. The van der Waals surface area contributed by atoms with Crippen LogP contribution in [0.15, 0.2) is 42.2 Å². The third kappa shape index (κ3) is 11.1. The number of aliphatic hydroxyl groups is 1. The number of benzene rings is 1. The van der Waals surface area contributed by atoms with E-state index in [9.17, 15) is 4.79 Å². The molecule has 0 spiro atoms. The fourth-order valence-corrected chi connectivity index (χ4v) is 2.43. The van der Waals surface area contributed by atoms with Gasteiger partial charge in [0.25, 0.3) is 0 Å². The highest BCUT2D eigenvalue weighted by atomic mass is 16.6. The smallest absolute Gasteiger partial charge is 0.338 e. The Labute approximate surface area is 184 Å². The lowest BCUT2D eigenvalue weighted by atomic mass is 10.2. The number of rotatable bonds is 17. The van der Waals surface area contributed by atoms with Gasteiger partial charge in [0.05, 0.1) is 76.8 Å². The summed E-state index contributed by atoms with van der Waals surface area (Å²) in [4.78, 5) is 11.9. The number of aliphatic hydroxyl groups excluding tert-OH is 1. The molecule has 2 rings (SSSR count). The summed E-state index contributed by atoms with van der Waals surface area (Å²) in [5.74, 6) is -0.344. The van der Waals surface area contributed by atoms with E-state index < -0.39 is 6.10 Å². The highest BCUT2D eigenvalue weighted by Crippen LogP contribution is 2.03. The van der Waals surface area contributed by atoms with Crippen molar-refractivity contribution in [3.8, 4) is 0 Å². The largest absolute Gasteiger partial charge is 0.460 e. The Bertz CT molecular complexity index is 662. The molecule has 1 aliphatic rings. The molecule has 0 aromatic heterocycles.